The van der Waals surface area contributed by atoms with Gasteiger partial charge in [-0.05, 0) is 27.5 Å². The third-order valence-electron chi connectivity index (χ3n) is 3.39. The van der Waals surface area contributed by atoms with Gasteiger partial charge >= 0.3 is 0 Å². The Kier molecular flexibility index (Phi) is 1.50. The maximum absolute atomic E-state index is 3.26. The summed E-state index contributed by atoms with van der Waals surface area (Å²) in [6.07, 6.45) is 2.04. The Balaban J connectivity index is 2.16. The van der Waals surface area contributed by atoms with Crippen LogP contribution in [0.15, 0.2) is 42.6 Å². The first-order valence-electron chi connectivity index (χ1n) is 5.43. The Morgan fingerprint density at radius 3 is 2.88 bits per heavy atom. The zero-order chi connectivity index (χ0) is 10.5. The van der Waals surface area contributed by atoms with Gasteiger partial charge in [0, 0.05) is 6.20 Å². The van der Waals surface area contributed by atoms with Crippen molar-refractivity contribution in [3.05, 3.63) is 60.4 Å². The van der Waals surface area contributed by atoms with Gasteiger partial charge in [0.15, 0.2) is 6.67 Å². The van der Waals surface area contributed by atoms with Gasteiger partial charge in [-0.1, -0.05) is 36.4 Å². The summed E-state index contributed by atoms with van der Waals surface area (Å²) in [5.41, 5.74) is 4.00. The number of nitrogens with one attached hydrogen (secondary N) is 2. The van der Waals surface area contributed by atoms with Crippen LogP contribution in [0.3, 0.4) is 0 Å². The summed E-state index contributed by atoms with van der Waals surface area (Å²) >= 11 is 0. The predicted octanol–water partition coefficient (Wildman–Crippen LogP) is 2.42. The summed E-state index contributed by atoms with van der Waals surface area (Å²) in [4.78, 5) is 0. The smallest absolute Gasteiger partial charge is 0.171 e. The second kappa shape index (κ2) is 2.86. The van der Waals surface area contributed by atoms with E-state index in [0.717, 1.165) is 0 Å². The molecule has 0 aromatic heterocycles. The van der Waals surface area contributed by atoms with Crippen LogP contribution in [-0.2, 0) is 0 Å². The van der Waals surface area contributed by atoms with Crippen molar-refractivity contribution in [1.82, 2.24) is 10.6 Å². The molecule has 0 saturated carbocycles. The van der Waals surface area contributed by atoms with Crippen LogP contribution < -0.4 is 10.6 Å². The largest absolute Gasteiger partial charge is 0.367 e. The highest BCUT2D eigenvalue weighted by Gasteiger charge is 2.30. The van der Waals surface area contributed by atoms with E-state index in [4.69, 9.17) is 0 Å². The maximum atomic E-state index is 3.26. The monoisotopic (exact) mass is 206 g/mol. The summed E-state index contributed by atoms with van der Waals surface area (Å²) in [7, 11) is 0. The molecule has 1 unspecified atom stereocenters. The van der Waals surface area contributed by atoms with Gasteiger partial charge in [0.1, 0.15) is 0 Å². The van der Waals surface area contributed by atoms with Crippen molar-refractivity contribution < 1.29 is 0 Å². The first-order valence-corrected chi connectivity index (χ1v) is 5.43. The van der Waals surface area contributed by atoms with E-state index >= 15 is 0 Å². The van der Waals surface area contributed by atoms with Crippen LogP contribution in [-0.4, -0.2) is 0 Å². The van der Waals surface area contributed by atoms with Crippen molar-refractivity contribution >= 4 is 16.3 Å². The minimum atomic E-state index is 0.266. The molecule has 2 nitrogen and oxygen atoms in total. The van der Waals surface area contributed by atoms with Crippen molar-refractivity contribution in [3.8, 4) is 0 Å². The first-order chi connectivity index (χ1) is 7.95. The van der Waals surface area contributed by atoms with Crippen molar-refractivity contribution in [2.24, 2.45) is 0 Å². The van der Waals surface area contributed by atoms with Crippen LogP contribution in [0, 0.1) is 6.67 Å². The van der Waals surface area contributed by atoms with E-state index in [1.165, 1.54) is 27.5 Å². The second-order valence-corrected chi connectivity index (χ2v) is 4.20. The number of fused-ring (bicyclic) bond motifs is 3. The molecule has 0 spiro atoms. The minimum absolute atomic E-state index is 0.266. The fraction of sp³-hybridized carbons (Fsp3) is 0.0714. The van der Waals surface area contributed by atoms with E-state index in [2.05, 4.69) is 53.7 Å². The van der Waals surface area contributed by atoms with Gasteiger partial charge in [-0.3, -0.25) is 5.32 Å². The third-order valence-corrected chi connectivity index (χ3v) is 3.39. The van der Waals surface area contributed by atoms with E-state index in [1.807, 2.05) is 6.20 Å². The Hall–Kier alpha value is -1.80. The van der Waals surface area contributed by atoms with Gasteiger partial charge in [-0.25, -0.2) is 0 Å². The first kappa shape index (κ1) is 8.36. The Bertz CT molecular complexity index is 608. The van der Waals surface area contributed by atoms with E-state index < -0.39 is 0 Å². The van der Waals surface area contributed by atoms with Crippen LogP contribution in [0.2, 0.25) is 0 Å². The summed E-state index contributed by atoms with van der Waals surface area (Å²) in [6.45, 7) is 2.96. The molecule has 2 N–H and O–H groups in total. The molecule has 0 amide bonds. The lowest BCUT2D eigenvalue weighted by atomic mass is 10.0. The van der Waals surface area contributed by atoms with Crippen molar-refractivity contribution in [1.29, 1.82) is 0 Å². The molecule has 0 fully saturated rings. The summed E-state index contributed by atoms with van der Waals surface area (Å²) in [6, 6.07) is 13.2. The fourth-order valence-electron chi connectivity index (χ4n) is 2.72. The molecule has 76 valence electrons. The molecule has 0 saturated heterocycles. The standard InChI is InChI=1S/C14H10N2/c1-3-9-4-2-6-11-13(9)10(5-1)12-7-15-8-16-14(11)12/h1-7,14-16H. The van der Waals surface area contributed by atoms with E-state index in [-0.39, 0.29) is 6.04 Å². The molecule has 2 aliphatic rings. The maximum Gasteiger partial charge on any atom is 0.171 e. The van der Waals surface area contributed by atoms with Crippen molar-refractivity contribution in [2.75, 3.05) is 0 Å². The lowest BCUT2D eigenvalue weighted by molar-refractivity contribution is 0.666. The highest BCUT2D eigenvalue weighted by molar-refractivity contribution is 6.03. The average molecular weight is 206 g/mol. The van der Waals surface area contributed by atoms with Gasteiger partial charge in [0.2, 0.25) is 0 Å². The SMILES string of the molecule is [C]1NC=C2c3cccc4cccc(c34)C2N1. The van der Waals surface area contributed by atoms with E-state index in [0.29, 0.717) is 0 Å². The quantitative estimate of drug-likeness (QED) is 0.691. The Morgan fingerprint density at radius 1 is 1.06 bits per heavy atom. The van der Waals surface area contributed by atoms with Crippen molar-refractivity contribution in [2.45, 2.75) is 6.04 Å². The molecule has 4 rings (SSSR count). The van der Waals surface area contributed by atoms with Gasteiger partial charge in [-0.15, -0.1) is 0 Å². The summed E-state index contributed by atoms with van der Waals surface area (Å²) in [5, 5.41) is 8.96. The predicted molar refractivity (Wildman–Crippen MR) is 64.2 cm³/mol. The number of hydrogen-bond donors (Lipinski definition) is 2. The number of hydrogen-bond acceptors (Lipinski definition) is 2. The molecule has 2 heteroatoms. The van der Waals surface area contributed by atoms with Gasteiger partial charge < -0.3 is 5.32 Å². The molecule has 2 radical (unpaired) electrons. The van der Waals surface area contributed by atoms with Gasteiger partial charge in [-0.2, -0.15) is 0 Å². The highest BCUT2D eigenvalue weighted by atomic mass is 15.1. The molecule has 2 aromatic rings. The van der Waals surface area contributed by atoms with Gasteiger partial charge in [0.05, 0.1) is 6.04 Å². The molecular formula is C14H10N2. The van der Waals surface area contributed by atoms with Crippen LogP contribution >= 0.6 is 0 Å². The molecule has 2 aromatic carbocycles. The lowest BCUT2D eigenvalue weighted by Crippen LogP contribution is -2.28. The highest BCUT2D eigenvalue weighted by Crippen LogP contribution is 2.45. The zero-order valence-corrected chi connectivity index (χ0v) is 8.62. The van der Waals surface area contributed by atoms with E-state index in [1.54, 1.807) is 0 Å². The zero-order valence-electron chi connectivity index (χ0n) is 8.62. The molecule has 1 aliphatic heterocycles. The molecule has 1 aliphatic carbocycles. The normalized spacial score (nSPS) is 21.5. The van der Waals surface area contributed by atoms with Crippen LogP contribution in [0.25, 0.3) is 16.3 Å². The fourth-order valence-corrected chi connectivity index (χ4v) is 2.72. The molecule has 1 atom stereocenters. The van der Waals surface area contributed by atoms with Crippen molar-refractivity contribution in [3.63, 3.8) is 0 Å². The average Bonchev–Trinajstić information content (AvgIpc) is 2.68. The minimum Gasteiger partial charge on any atom is -0.367 e. The summed E-state index contributed by atoms with van der Waals surface area (Å²) < 4.78 is 0. The van der Waals surface area contributed by atoms with Gasteiger partial charge in [0.25, 0.3) is 0 Å². The second-order valence-electron chi connectivity index (χ2n) is 4.20. The topological polar surface area (TPSA) is 24.1 Å². The summed E-state index contributed by atoms with van der Waals surface area (Å²) in [5.74, 6) is 0. The molecule has 0 bridgehead atoms. The Labute approximate surface area is 94.0 Å². The molecular weight excluding hydrogens is 196 g/mol. The van der Waals surface area contributed by atoms with Crippen LogP contribution in [0.1, 0.15) is 17.2 Å². The third kappa shape index (κ3) is 0.902. The van der Waals surface area contributed by atoms with E-state index in [9.17, 15) is 0 Å². The number of benzene rings is 2. The van der Waals surface area contributed by atoms with Crippen LogP contribution in [0.4, 0.5) is 0 Å². The molecule has 16 heavy (non-hydrogen) atoms. The Morgan fingerprint density at radius 2 is 1.94 bits per heavy atom. The lowest BCUT2D eigenvalue weighted by Gasteiger charge is -2.20. The van der Waals surface area contributed by atoms with Crippen LogP contribution in [0.5, 0.6) is 0 Å². The molecule has 1 heterocycles. The number of rotatable bonds is 0.